The van der Waals surface area contributed by atoms with E-state index in [-0.39, 0.29) is 5.91 Å². The SMILES string of the molecule is Cc1ccc(NC(=O)c2c(C)c(N3CCCC3)nc3ccc(Br)cc23)cc1. The van der Waals surface area contributed by atoms with Gasteiger partial charge >= 0.3 is 0 Å². The summed E-state index contributed by atoms with van der Waals surface area (Å²) in [5.74, 6) is 0.832. The number of fused-ring (bicyclic) bond motifs is 1. The molecule has 138 valence electrons. The number of pyridine rings is 1. The van der Waals surface area contributed by atoms with Crippen LogP contribution in [-0.2, 0) is 0 Å². The maximum Gasteiger partial charge on any atom is 0.256 e. The molecule has 0 aliphatic carbocycles. The van der Waals surface area contributed by atoms with Crippen molar-refractivity contribution in [1.82, 2.24) is 4.98 Å². The number of benzene rings is 2. The van der Waals surface area contributed by atoms with Crippen LogP contribution in [-0.4, -0.2) is 24.0 Å². The van der Waals surface area contributed by atoms with Gasteiger partial charge in [0, 0.05) is 34.2 Å². The number of carbonyl (C=O) groups is 1. The predicted molar refractivity (Wildman–Crippen MR) is 115 cm³/mol. The van der Waals surface area contributed by atoms with Crippen LogP contribution < -0.4 is 10.2 Å². The Morgan fingerprint density at radius 2 is 1.78 bits per heavy atom. The lowest BCUT2D eigenvalue weighted by Crippen LogP contribution is -2.23. The maximum absolute atomic E-state index is 13.2. The standard InChI is InChI=1S/C22H22BrN3O/c1-14-5-8-17(9-6-14)24-22(27)20-15(2)21(26-11-3-4-12-26)25-19-10-7-16(23)13-18(19)20/h5-10,13H,3-4,11-12H2,1-2H3,(H,24,27). The second-order valence-electron chi connectivity index (χ2n) is 7.11. The summed E-state index contributed by atoms with van der Waals surface area (Å²) in [5, 5.41) is 3.92. The lowest BCUT2D eigenvalue weighted by atomic mass is 10.0. The van der Waals surface area contributed by atoms with Crippen molar-refractivity contribution in [3.63, 3.8) is 0 Å². The minimum absolute atomic E-state index is 0.0951. The van der Waals surface area contributed by atoms with Gasteiger partial charge in [-0.05, 0) is 57.0 Å². The van der Waals surface area contributed by atoms with Crippen LogP contribution in [0.15, 0.2) is 46.9 Å². The normalized spacial score (nSPS) is 14.0. The summed E-state index contributed by atoms with van der Waals surface area (Å²) in [5.41, 5.74) is 4.45. The zero-order valence-electron chi connectivity index (χ0n) is 15.6. The molecule has 0 spiro atoms. The zero-order chi connectivity index (χ0) is 19.0. The maximum atomic E-state index is 13.2. The van der Waals surface area contributed by atoms with Gasteiger partial charge < -0.3 is 10.2 Å². The van der Waals surface area contributed by atoms with E-state index in [0.717, 1.165) is 45.5 Å². The Labute approximate surface area is 167 Å². The number of nitrogens with zero attached hydrogens (tertiary/aromatic N) is 2. The first-order chi connectivity index (χ1) is 13.0. The molecule has 4 nitrogen and oxygen atoms in total. The number of hydrogen-bond acceptors (Lipinski definition) is 3. The summed E-state index contributed by atoms with van der Waals surface area (Å²) in [6, 6.07) is 13.8. The molecule has 1 aromatic heterocycles. The zero-order valence-corrected chi connectivity index (χ0v) is 17.1. The highest BCUT2D eigenvalue weighted by Crippen LogP contribution is 2.32. The molecule has 0 radical (unpaired) electrons. The predicted octanol–water partition coefficient (Wildman–Crippen LogP) is 5.47. The van der Waals surface area contributed by atoms with Crippen molar-refractivity contribution in [1.29, 1.82) is 0 Å². The summed E-state index contributed by atoms with van der Waals surface area (Å²) >= 11 is 3.53. The van der Waals surface area contributed by atoms with Gasteiger partial charge in [0.05, 0.1) is 11.1 Å². The number of amides is 1. The van der Waals surface area contributed by atoms with E-state index in [4.69, 9.17) is 4.98 Å². The molecule has 4 rings (SSSR count). The van der Waals surface area contributed by atoms with Crippen LogP contribution in [0.4, 0.5) is 11.5 Å². The minimum Gasteiger partial charge on any atom is -0.356 e. The lowest BCUT2D eigenvalue weighted by Gasteiger charge is -2.22. The van der Waals surface area contributed by atoms with Crippen LogP contribution >= 0.6 is 15.9 Å². The number of carbonyl (C=O) groups excluding carboxylic acids is 1. The molecule has 2 aromatic carbocycles. The number of aryl methyl sites for hydroxylation is 1. The van der Waals surface area contributed by atoms with Crippen LogP contribution in [0.3, 0.4) is 0 Å². The Morgan fingerprint density at radius 1 is 1.07 bits per heavy atom. The molecule has 5 heteroatoms. The highest BCUT2D eigenvalue weighted by molar-refractivity contribution is 9.10. The second-order valence-corrected chi connectivity index (χ2v) is 8.03. The molecule has 27 heavy (non-hydrogen) atoms. The third-order valence-corrected chi connectivity index (χ3v) is 5.60. The Balaban J connectivity index is 1.83. The summed E-state index contributed by atoms with van der Waals surface area (Å²) in [6.45, 7) is 6.03. The van der Waals surface area contributed by atoms with Crippen LogP contribution in [0.5, 0.6) is 0 Å². The molecule has 3 aromatic rings. The van der Waals surface area contributed by atoms with Gasteiger partial charge in [-0.2, -0.15) is 0 Å². The number of hydrogen-bond donors (Lipinski definition) is 1. The largest absolute Gasteiger partial charge is 0.356 e. The smallest absolute Gasteiger partial charge is 0.256 e. The molecular formula is C22H22BrN3O. The summed E-state index contributed by atoms with van der Waals surface area (Å²) in [6.07, 6.45) is 2.34. The highest BCUT2D eigenvalue weighted by Gasteiger charge is 2.23. The molecule has 0 bridgehead atoms. The van der Waals surface area contributed by atoms with Crippen LogP contribution in [0.25, 0.3) is 10.9 Å². The lowest BCUT2D eigenvalue weighted by molar-refractivity contribution is 0.102. The van der Waals surface area contributed by atoms with E-state index in [1.54, 1.807) is 0 Å². The summed E-state index contributed by atoms with van der Waals surface area (Å²) < 4.78 is 0.939. The third kappa shape index (κ3) is 3.56. The van der Waals surface area contributed by atoms with E-state index in [0.29, 0.717) is 5.56 Å². The van der Waals surface area contributed by atoms with Gasteiger partial charge in [-0.1, -0.05) is 33.6 Å². The number of nitrogens with one attached hydrogen (secondary N) is 1. The Hall–Kier alpha value is -2.40. The third-order valence-electron chi connectivity index (χ3n) is 5.11. The molecule has 0 saturated carbocycles. The molecule has 0 atom stereocenters. The van der Waals surface area contributed by atoms with E-state index in [1.165, 1.54) is 18.4 Å². The van der Waals surface area contributed by atoms with E-state index in [1.807, 2.05) is 56.3 Å². The van der Waals surface area contributed by atoms with Gasteiger partial charge in [0.25, 0.3) is 5.91 Å². The van der Waals surface area contributed by atoms with Crippen molar-refractivity contribution in [2.75, 3.05) is 23.3 Å². The highest BCUT2D eigenvalue weighted by atomic mass is 79.9. The van der Waals surface area contributed by atoms with Crippen molar-refractivity contribution in [2.24, 2.45) is 0 Å². The number of halogens is 1. The van der Waals surface area contributed by atoms with Crippen molar-refractivity contribution in [3.8, 4) is 0 Å². The van der Waals surface area contributed by atoms with Gasteiger partial charge in [-0.15, -0.1) is 0 Å². The van der Waals surface area contributed by atoms with E-state index in [9.17, 15) is 4.79 Å². The molecule has 1 amide bonds. The second kappa shape index (κ2) is 7.31. The molecule has 1 fully saturated rings. The fourth-order valence-electron chi connectivity index (χ4n) is 3.68. The first-order valence-corrected chi connectivity index (χ1v) is 10.0. The molecule has 1 saturated heterocycles. The van der Waals surface area contributed by atoms with E-state index < -0.39 is 0 Å². The fraction of sp³-hybridized carbons (Fsp3) is 0.273. The van der Waals surface area contributed by atoms with E-state index in [2.05, 4.69) is 26.1 Å². The van der Waals surface area contributed by atoms with Crippen molar-refractivity contribution >= 4 is 44.2 Å². The molecule has 1 N–H and O–H groups in total. The van der Waals surface area contributed by atoms with Crippen LogP contribution in [0.2, 0.25) is 0 Å². The first-order valence-electron chi connectivity index (χ1n) is 9.26. The van der Waals surface area contributed by atoms with Crippen LogP contribution in [0, 0.1) is 13.8 Å². The van der Waals surface area contributed by atoms with Crippen molar-refractivity contribution in [2.45, 2.75) is 26.7 Å². The average Bonchev–Trinajstić information content (AvgIpc) is 3.17. The summed E-state index contributed by atoms with van der Waals surface area (Å²) in [4.78, 5) is 20.4. The Bertz CT molecular complexity index is 1010. The molecule has 1 aliphatic rings. The number of anilines is 2. The number of rotatable bonds is 3. The average molecular weight is 424 g/mol. The molecule has 2 heterocycles. The summed E-state index contributed by atoms with van der Waals surface area (Å²) in [7, 11) is 0. The van der Waals surface area contributed by atoms with Gasteiger partial charge in [0.1, 0.15) is 5.82 Å². The van der Waals surface area contributed by atoms with Gasteiger partial charge in [-0.25, -0.2) is 4.98 Å². The monoisotopic (exact) mass is 423 g/mol. The van der Waals surface area contributed by atoms with Gasteiger partial charge in [0.15, 0.2) is 0 Å². The first kappa shape index (κ1) is 18.0. The number of aromatic nitrogens is 1. The molecular weight excluding hydrogens is 402 g/mol. The van der Waals surface area contributed by atoms with Crippen molar-refractivity contribution < 1.29 is 4.79 Å². The van der Waals surface area contributed by atoms with Crippen molar-refractivity contribution in [3.05, 3.63) is 63.6 Å². The van der Waals surface area contributed by atoms with Gasteiger partial charge in [0.2, 0.25) is 0 Å². The Kier molecular flexibility index (Phi) is 4.87. The fourth-order valence-corrected chi connectivity index (χ4v) is 4.04. The quantitative estimate of drug-likeness (QED) is 0.607. The molecule has 1 aliphatic heterocycles. The topological polar surface area (TPSA) is 45.2 Å². The van der Waals surface area contributed by atoms with Crippen LogP contribution in [0.1, 0.15) is 34.3 Å². The molecule has 0 unspecified atom stereocenters. The van der Waals surface area contributed by atoms with E-state index >= 15 is 0 Å². The minimum atomic E-state index is -0.0951. The Morgan fingerprint density at radius 3 is 2.48 bits per heavy atom. The van der Waals surface area contributed by atoms with Gasteiger partial charge in [-0.3, -0.25) is 4.79 Å².